The zero-order valence-corrected chi connectivity index (χ0v) is 15.5. The standard InChI is InChI=1S/C18H13BrClFN2O2/c1-10-6-13(19)11(7-14(10)20)9-25-18(24)17-8-16(22-23-17)12-4-2-3-5-15(12)21/h2-8H,9H2,1H3,(H,22,23). The first-order valence-corrected chi connectivity index (χ1v) is 8.55. The number of rotatable bonds is 4. The van der Waals surface area contributed by atoms with E-state index in [1.54, 1.807) is 24.3 Å². The van der Waals surface area contributed by atoms with Crippen LogP contribution < -0.4 is 0 Å². The van der Waals surface area contributed by atoms with Crippen LogP contribution in [0.15, 0.2) is 46.9 Å². The second kappa shape index (κ2) is 7.37. The van der Waals surface area contributed by atoms with Crippen molar-refractivity contribution in [1.82, 2.24) is 10.2 Å². The molecule has 0 saturated carbocycles. The molecule has 3 aromatic rings. The summed E-state index contributed by atoms with van der Waals surface area (Å²) in [6, 6.07) is 11.3. The molecular weight excluding hydrogens is 411 g/mol. The Morgan fingerprint density at radius 1 is 1.32 bits per heavy atom. The van der Waals surface area contributed by atoms with E-state index in [1.165, 1.54) is 12.1 Å². The molecule has 7 heteroatoms. The van der Waals surface area contributed by atoms with Crippen molar-refractivity contribution >= 4 is 33.5 Å². The fourth-order valence-corrected chi connectivity index (χ4v) is 3.01. The summed E-state index contributed by atoms with van der Waals surface area (Å²) >= 11 is 9.51. The molecular formula is C18H13BrClFN2O2. The monoisotopic (exact) mass is 422 g/mol. The molecule has 0 unspecified atom stereocenters. The summed E-state index contributed by atoms with van der Waals surface area (Å²) in [6.07, 6.45) is 0. The predicted molar refractivity (Wildman–Crippen MR) is 97.0 cm³/mol. The molecule has 2 aromatic carbocycles. The average molecular weight is 424 g/mol. The number of benzene rings is 2. The van der Waals surface area contributed by atoms with Crippen molar-refractivity contribution in [1.29, 1.82) is 0 Å². The van der Waals surface area contributed by atoms with Crippen LogP contribution in [0.4, 0.5) is 4.39 Å². The molecule has 1 heterocycles. The van der Waals surface area contributed by atoms with E-state index in [0.29, 0.717) is 16.3 Å². The topological polar surface area (TPSA) is 55.0 Å². The van der Waals surface area contributed by atoms with Gasteiger partial charge in [-0.25, -0.2) is 9.18 Å². The molecule has 1 N–H and O–H groups in total. The number of aromatic amines is 1. The maximum atomic E-state index is 13.8. The number of esters is 1. The zero-order valence-electron chi connectivity index (χ0n) is 13.1. The van der Waals surface area contributed by atoms with Gasteiger partial charge in [-0.15, -0.1) is 0 Å². The van der Waals surface area contributed by atoms with Crippen molar-refractivity contribution in [2.45, 2.75) is 13.5 Å². The van der Waals surface area contributed by atoms with E-state index >= 15 is 0 Å². The van der Waals surface area contributed by atoms with Crippen LogP contribution in [0.2, 0.25) is 5.02 Å². The first-order chi connectivity index (χ1) is 12.0. The van der Waals surface area contributed by atoms with Gasteiger partial charge in [0, 0.05) is 20.6 Å². The van der Waals surface area contributed by atoms with Crippen molar-refractivity contribution in [3.05, 3.63) is 74.6 Å². The van der Waals surface area contributed by atoms with E-state index in [0.717, 1.165) is 15.6 Å². The van der Waals surface area contributed by atoms with Gasteiger partial charge in [-0.05, 0) is 42.8 Å². The van der Waals surface area contributed by atoms with Crippen molar-refractivity contribution in [2.24, 2.45) is 0 Å². The Kier molecular flexibility index (Phi) is 5.20. The number of carbonyl (C=O) groups excluding carboxylic acids is 1. The number of ether oxygens (including phenoxy) is 1. The summed E-state index contributed by atoms with van der Waals surface area (Å²) in [6.45, 7) is 1.94. The van der Waals surface area contributed by atoms with E-state index in [9.17, 15) is 9.18 Å². The summed E-state index contributed by atoms with van der Waals surface area (Å²) in [4.78, 5) is 12.2. The van der Waals surface area contributed by atoms with E-state index in [1.807, 2.05) is 13.0 Å². The van der Waals surface area contributed by atoms with Gasteiger partial charge in [-0.3, -0.25) is 5.10 Å². The Morgan fingerprint density at radius 3 is 2.84 bits per heavy atom. The Hall–Kier alpha value is -2.18. The predicted octanol–water partition coefficient (Wildman–Crippen LogP) is 5.30. The third kappa shape index (κ3) is 3.91. The van der Waals surface area contributed by atoms with Crippen molar-refractivity contribution in [3.63, 3.8) is 0 Å². The summed E-state index contributed by atoms with van der Waals surface area (Å²) in [5, 5.41) is 7.14. The van der Waals surface area contributed by atoms with Crippen molar-refractivity contribution in [3.8, 4) is 11.3 Å². The van der Waals surface area contributed by atoms with Crippen molar-refractivity contribution in [2.75, 3.05) is 0 Å². The molecule has 0 amide bonds. The second-order valence-corrected chi connectivity index (χ2v) is 6.68. The van der Waals surface area contributed by atoms with E-state index in [4.69, 9.17) is 16.3 Å². The van der Waals surface area contributed by atoms with Crippen LogP contribution in [0.25, 0.3) is 11.3 Å². The number of carbonyl (C=O) groups is 1. The molecule has 25 heavy (non-hydrogen) atoms. The van der Waals surface area contributed by atoms with Gasteiger partial charge in [-0.1, -0.05) is 39.7 Å². The lowest BCUT2D eigenvalue weighted by atomic mass is 10.1. The minimum atomic E-state index is -0.585. The highest BCUT2D eigenvalue weighted by molar-refractivity contribution is 9.10. The number of aromatic nitrogens is 2. The summed E-state index contributed by atoms with van der Waals surface area (Å²) in [5.41, 5.74) is 2.47. The number of nitrogens with zero attached hydrogens (tertiary/aromatic N) is 1. The van der Waals surface area contributed by atoms with Gasteiger partial charge < -0.3 is 4.74 Å². The number of H-pyrrole nitrogens is 1. The highest BCUT2D eigenvalue weighted by Crippen LogP contribution is 2.26. The SMILES string of the molecule is Cc1cc(Br)c(COC(=O)c2cc(-c3ccccc3F)n[nH]2)cc1Cl. The van der Waals surface area contributed by atoms with E-state index in [2.05, 4.69) is 26.1 Å². The largest absolute Gasteiger partial charge is 0.456 e. The maximum absolute atomic E-state index is 13.8. The molecule has 0 fully saturated rings. The van der Waals surface area contributed by atoms with Gasteiger partial charge >= 0.3 is 5.97 Å². The molecule has 0 aliphatic rings. The lowest BCUT2D eigenvalue weighted by Gasteiger charge is -2.08. The van der Waals surface area contributed by atoms with Crippen LogP contribution in [-0.2, 0) is 11.3 Å². The van der Waals surface area contributed by atoms with Crippen LogP contribution in [0.1, 0.15) is 21.6 Å². The summed E-state index contributed by atoms with van der Waals surface area (Å²) in [7, 11) is 0. The Balaban J connectivity index is 1.73. The minimum Gasteiger partial charge on any atom is -0.456 e. The van der Waals surface area contributed by atoms with Gasteiger partial charge in [0.2, 0.25) is 0 Å². The van der Waals surface area contributed by atoms with Gasteiger partial charge in [0.15, 0.2) is 0 Å². The van der Waals surface area contributed by atoms with E-state index < -0.39 is 11.8 Å². The molecule has 128 valence electrons. The van der Waals surface area contributed by atoms with Gasteiger partial charge in [0.25, 0.3) is 0 Å². The normalized spacial score (nSPS) is 10.7. The molecule has 0 atom stereocenters. The maximum Gasteiger partial charge on any atom is 0.356 e. The van der Waals surface area contributed by atoms with Crippen LogP contribution in [0.5, 0.6) is 0 Å². The zero-order chi connectivity index (χ0) is 18.0. The summed E-state index contributed by atoms with van der Waals surface area (Å²) in [5.74, 6) is -0.995. The molecule has 1 aromatic heterocycles. The molecule has 0 spiro atoms. The molecule has 3 rings (SSSR count). The van der Waals surface area contributed by atoms with Crippen molar-refractivity contribution < 1.29 is 13.9 Å². The third-order valence-electron chi connectivity index (χ3n) is 3.63. The van der Waals surface area contributed by atoms with Crippen LogP contribution >= 0.6 is 27.5 Å². The number of nitrogens with one attached hydrogen (secondary N) is 1. The molecule has 0 radical (unpaired) electrons. The Labute approximate surface area is 157 Å². The number of aryl methyl sites for hydroxylation is 1. The quantitative estimate of drug-likeness (QED) is 0.580. The molecule has 0 saturated heterocycles. The second-order valence-electron chi connectivity index (χ2n) is 5.42. The average Bonchev–Trinajstić information content (AvgIpc) is 3.07. The fraction of sp³-hybridized carbons (Fsp3) is 0.111. The first kappa shape index (κ1) is 17.6. The Bertz CT molecular complexity index is 943. The van der Waals surface area contributed by atoms with Gasteiger partial charge in [-0.2, -0.15) is 5.10 Å². The van der Waals surface area contributed by atoms with Crippen LogP contribution in [0, 0.1) is 12.7 Å². The van der Waals surface area contributed by atoms with Gasteiger partial charge in [0.05, 0.1) is 5.69 Å². The summed E-state index contributed by atoms with van der Waals surface area (Å²) < 4.78 is 19.9. The lowest BCUT2D eigenvalue weighted by Crippen LogP contribution is -2.06. The minimum absolute atomic E-state index is 0.0491. The third-order valence-corrected chi connectivity index (χ3v) is 4.78. The number of halogens is 3. The Morgan fingerprint density at radius 2 is 2.08 bits per heavy atom. The molecule has 0 bridgehead atoms. The first-order valence-electron chi connectivity index (χ1n) is 7.37. The fourth-order valence-electron chi connectivity index (χ4n) is 2.25. The highest BCUT2D eigenvalue weighted by Gasteiger charge is 2.15. The number of hydrogen-bond acceptors (Lipinski definition) is 3. The molecule has 0 aliphatic heterocycles. The van der Waals surface area contributed by atoms with Crippen LogP contribution in [0.3, 0.4) is 0 Å². The molecule has 0 aliphatic carbocycles. The van der Waals surface area contributed by atoms with Gasteiger partial charge in [0.1, 0.15) is 18.1 Å². The lowest BCUT2D eigenvalue weighted by molar-refractivity contribution is 0.0465. The van der Waals surface area contributed by atoms with E-state index in [-0.39, 0.29) is 12.3 Å². The smallest absolute Gasteiger partial charge is 0.356 e. The molecule has 4 nitrogen and oxygen atoms in total. The van der Waals surface area contributed by atoms with Crippen LogP contribution in [-0.4, -0.2) is 16.2 Å². The number of hydrogen-bond donors (Lipinski definition) is 1. The highest BCUT2D eigenvalue weighted by atomic mass is 79.9.